The quantitative estimate of drug-likeness (QED) is 0.635. The van der Waals surface area contributed by atoms with Gasteiger partial charge in [-0.1, -0.05) is 12.1 Å². The third kappa shape index (κ3) is 7.46. The third-order valence-electron chi connectivity index (χ3n) is 4.46. The molecular weight excluding hydrogens is 461 g/mol. The lowest BCUT2D eigenvalue weighted by Gasteiger charge is -2.22. The molecule has 0 aromatic heterocycles. The van der Waals surface area contributed by atoms with Gasteiger partial charge in [0.2, 0.25) is 0 Å². The fourth-order valence-corrected chi connectivity index (χ4v) is 3.48. The highest BCUT2D eigenvalue weighted by atomic mass is 35.7. The molecule has 1 atom stereocenters. The fourth-order valence-electron chi connectivity index (χ4n) is 2.81. The van der Waals surface area contributed by atoms with Gasteiger partial charge in [0.15, 0.2) is 23.0 Å². The van der Waals surface area contributed by atoms with E-state index in [9.17, 15) is 9.46 Å². The van der Waals surface area contributed by atoms with Crippen LogP contribution in [0.4, 0.5) is 5.69 Å². The topological polar surface area (TPSA) is 95.9 Å². The van der Waals surface area contributed by atoms with E-state index in [1.165, 1.54) is 7.05 Å². The van der Waals surface area contributed by atoms with Crippen molar-refractivity contribution in [3.05, 3.63) is 42.5 Å². The Morgan fingerprint density at radius 2 is 1.19 bits per heavy atom. The highest BCUT2D eigenvalue weighted by Crippen LogP contribution is 2.52. The van der Waals surface area contributed by atoms with E-state index in [2.05, 4.69) is 0 Å². The summed E-state index contributed by atoms with van der Waals surface area (Å²) in [5.41, 5.74) is 0.414. The van der Waals surface area contributed by atoms with Crippen molar-refractivity contribution < 1.29 is 37.9 Å². The van der Waals surface area contributed by atoms with Crippen LogP contribution < -0.4 is 23.6 Å². The summed E-state index contributed by atoms with van der Waals surface area (Å²) < 4.78 is 47.1. The van der Waals surface area contributed by atoms with E-state index in [1.807, 2.05) is 24.3 Å². The smallest absolute Gasteiger partial charge is 0.385 e. The van der Waals surface area contributed by atoms with Gasteiger partial charge in [-0.15, -0.1) is 0 Å². The molecule has 11 heteroatoms. The summed E-state index contributed by atoms with van der Waals surface area (Å²) in [6, 6.07) is 12.3. The molecule has 3 rings (SSSR count). The van der Waals surface area contributed by atoms with Crippen molar-refractivity contribution in [1.29, 1.82) is 0 Å². The number of hydrogen-bond acceptors (Lipinski definition) is 7. The molecule has 0 saturated carbocycles. The lowest BCUT2D eigenvalue weighted by Crippen LogP contribution is -2.16. The van der Waals surface area contributed by atoms with Crippen LogP contribution in [0.2, 0.25) is 0 Å². The molecule has 1 heterocycles. The van der Waals surface area contributed by atoms with Gasteiger partial charge in [0.1, 0.15) is 26.4 Å². The van der Waals surface area contributed by atoms with Gasteiger partial charge in [0.05, 0.1) is 26.4 Å². The standard InChI is InChI=1S/C21H27ClNO8P/c1-23(32(22,24)25)17-6-7-20-21(16-17)31-15-11-27-9-13-29-19-5-3-2-4-18(19)28-12-8-26-10-14-30-20/h2-7,16H,8-15H2,1H3,(H,24,25). The average molecular weight is 488 g/mol. The van der Waals surface area contributed by atoms with E-state index in [0.29, 0.717) is 68.3 Å². The first-order valence-corrected chi connectivity index (χ1v) is 12.6. The second-order valence-corrected chi connectivity index (χ2v) is 9.56. The number of para-hydroxylation sites is 2. The third-order valence-corrected chi connectivity index (χ3v) is 6.11. The minimum atomic E-state index is -3.97. The van der Waals surface area contributed by atoms with E-state index in [-0.39, 0.29) is 13.2 Å². The summed E-state index contributed by atoms with van der Waals surface area (Å²) in [5.74, 6) is 2.17. The predicted molar refractivity (Wildman–Crippen MR) is 121 cm³/mol. The first-order chi connectivity index (χ1) is 15.4. The van der Waals surface area contributed by atoms with Crippen molar-refractivity contribution in [1.82, 2.24) is 0 Å². The molecule has 2 aromatic carbocycles. The summed E-state index contributed by atoms with van der Waals surface area (Å²) in [7, 11) is 1.43. The Kier molecular flexibility index (Phi) is 9.32. The first kappa shape index (κ1) is 24.5. The van der Waals surface area contributed by atoms with Gasteiger partial charge in [0, 0.05) is 18.8 Å². The minimum Gasteiger partial charge on any atom is -0.487 e. The number of halogens is 1. The maximum Gasteiger partial charge on any atom is 0.385 e. The fraction of sp³-hybridized carbons (Fsp3) is 0.429. The number of anilines is 1. The zero-order valence-corrected chi connectivity index (χ0v) is 19.4. The molecule has 9 nitrogen and oxygen atoms in total. The molecule has 0 spiro atoms. The van der Waals surface area contributed by atoms with Crippen molar-refractivity contribution in [2.75, 3.05) is 64.6 Å². The van der Waals surface area contributed by atoms with Crippen LogP contribution in [-0.4, -0.2) is 64.8 Å². The normalized spacial score (nSPS) is 18.0. The second-order valence-electron chi connectivity index (χ2n) is 6.69. The van der Waals surface area contributed by atoms with Gasteiger partial charge >= 0.3 is 6.87 Å². The molecule has 0 saturated heterocycles. The van der Waals surface area contributed by atoms with Crippen molar-refractivity contribution in [2.24, 2.45) is 0 Å². The van der Waals surface area contributed by atoms with E-state index < -0.39 is 6.87 Å². The minimum absolute atomic E-state index is 0.247. The van der Waals surface area contributed by atoms with Gasteiger partial charge in [-0.3, -0.25) is 4.67 Å². The first-order valence-electron chi connectivity index (χ1n) is 10.1. The Morgan fingerprint density at radius 1 is 0.750 bits per heavy atom. The Morgan fingerprint density at radius 3 is 1.66 bits per heavy atom. The van der Waals surface area contributed by atoms with Crippen LogP contribution in [0, 0.1) is 0 Å². The summed E-state index contributed by atoms with van der Waals surface area (Å²) in [4.78, 5) is 9.62. The molecule has 0 amide bonds. The van der Waals surface area contributed by atoms with Crippen molar-refractivity contribution in [3.8, 4) is 23.0 Å². The van der Waals surface area contributed by atoms with Gasteiger partial charge in [-0.25, -0.2) is 4.57 Å². The monoisotopic (exact) mass is 487 g/mol. The maximum absolute atomic E-state index is 11.8. The Labute approximate surface area is 192 Å². The highest BCUT2D eigenvalue weighted by molar-refractivity contribution is 7.85. The zero-order chi connectivity index (χ0) is 22.8. The van der Waals surface area contributed by atoms with Gasteiger partial charge in [-0.05, 0) is 35.5 Å². The number of ether oxygens (including phenoxy) is 6. The number of hydrogen-bond donors (Lipinski definition) is 1. The van der Waals surface area contributed by atoms with E-state index in [4.69, 9.17) is 39.7 Å². The highest BCUT2D eigenvalue weighted by Gasteiger charge is 2.22. The van der Waals surface area contributed by atoms with Crippen LogP contribution in [0.3, 0.4) is 0 Å². The molecule has 0 bridgehead atoms. The van der Waals surface area contributed by atoms with Crippen LogP contribution in [-0.2, 0) is 14.0 Å². The van der Waals surface area contributed by atoms with Crippen LogP contribution in [0.15, 0.2) is 42.5 Å². The largest absolute Gasteiger partial charge is 0.487 e. The summed E-state index contributed by atoms with van der Waals surface area (Å²) in [6.45, 7) is -1.30. The summed E-state index contributed by atoms with van der Waals surface area (Å²) in [5, 5.41) is 0. The molecule has 32 heavy (non-hydrogen) atoms. The van der Waals surface area contributed by atoms with Crippen molar-refractivity contribution in [2.45, 2.75) is 0 Å². The molecule has 0 aliphatic carbocycles. The van der Waals surface area contributed by atoms with Crippen molar-refractivity contribution >= 4 is 23.8 Å². The Hall–Kier alpha value is -2.16. The van der Waals surface area contributed by atoms with Gasteiger partial charge in [-0.2, -0.15) is 0 Å². The summed E-state index contributed by atoms with van der Waals surface area (Å²) >= 11 is 5.57. The second kappa shape index (κ2) is 12.2. The van der Waals surface area contributed by atoms with Gasteiger partial charge < -0.3 is 33.3 Å². The summed E-state index contributed by atoms with van der Waals surface area (Å²) in [6.07, 6.45) is 0. The molecule has 1 aliphatic heterocycles. The van der Waals surface area contributed by atoms with Crippen molar-refractivity contribution in [3.63, 3.8) is 0 Å². The number of fused-ring (bicyclic) bond motifs is 2. The van der Waals surface area contributed by atoms with Crippen LogP contribution in [0.5, 0.6) is 23.0 Å². The van der Waals surface area contributed by atoms with E-state index >= 15 is 0 Å². The van der Waals surface area contributed by atoms with E-state index in [0.717, 1.165) is 4.67 Å². The molecule has 1 unspecified atom stereocenters. The molecule has 176 valence electrons. The number of benzene rings is 2. The molecule has 1 aliphatic rings. The van der Waals surface area contributed by atoms with Crippen LogP contribution >= 0.6 is 18.1 Å². The van der Waals surface area contributed by atoms with Gasteiger partial charge in [0.25, 0.3) is 0 Å². The Bertz CT molecular complexity index is 909. The molecule has 1 N–H and O–H groups in total. The Balaban J connectivity index is 1.65. The lowest BCUT2D eigenvalue weighted by atomic mass is 10.2. The van der Waals surface area contributed by atoms with Crippen LogP contribution in [0.25, 0.3) is 0 Å². The average Bonchev–Trinajstić information content (AvgIpc) is 2.77. The molecule has 0 fully saturated rings. The number of rotatable bonds is 2. The molecule has 0 radical (unpaired) electrons. The SMILES string of the molecule is CN(c1ccc2c(c1)OCCOCCOc1ccccc1OCCOCCO2)P(=O)(O)Cl. The molecular formula is C21H27ClNO8P. The maximum atomic E-state index is 11.8. The van der Waals surface area contributed by atoms with E-state index in [1.54, 1.807) is 18.2 Å². The molecule has 2 aromatic rings. The van der Waals surface area contributed by atoms with Crippen LogP contribution in [0.1, 0.15) is 0 Å². The zero-order valence-electron chi connectivity index (χ0n) is 17.8. The lowest BCUT2D eigenvalue weighted by molar-refractivity contribution is 0.0640. The number of nitrogens with zero attached hydrogens (tertiary/aromatic N) is 1. The predicted octanol–water partition coefficient (Wildman–Crippen LogP) is 3.72.